The maximum absolute atomic E-state index is 11.5. The number of benzene rings is 2. The molecule has 2 aromatic carbocycles. The van der Waals surface area contributed by atoms with Gasteiger partial charge in [-0.1, -0.05) is 27.5 Å². The van der Waals surface area contributed by atoms with Crippen molar-refractivity contribution in [2.24, 2.45) is 0 Å². The van der Waals surface area contributed by atoms with Gasteiger partial charge in [-0.3, -0.25) is 10.1 Å². The zero-order valence-corrected chi connectivity index (χ0v) is 14.9. The van der Waals surface area contributed by atoms with Gasteiger partial charge in [0.15, 0.2) is 0 Å². The highest BCUT2D eigenvalue weighted by atomic mass is 79.9. The quantitative estimate of drug-likeness (QED) is 0.442. The Labute approximate surface area is 155 Å². The van der Waals surface area contributed by atoms with E-state index in [-0.39, 0.29) is 17.4 Å². The van der Waals surface area contributed by atoms with Crippen LogP contribution in [0.3, 0.4) is 0 Å². The predicted molar refractivity (Wildman–Crippen MR) is 97.6 cm³/mol. The van der Waals surface area contributed by atoms with Crippen LogP contribution in [0.1, 0.15) is 0 Å². The molecule has 1 N–H and O–H groups in total. The monoisotopic (exact) mass is 420 g/mol. The third-order valence-corrected chi connectivity index (χ3v) is 3.89. The standard InChI is InChI=1S/C16H10BrClN4O3/c17-10-1-7-13(8-2-10)25-16-14(22(23)24)15(19-9-20-16)21-12-5-3-11(18)4-6-12/h1-9H,(H,19,20,21). The summed E-state index contributed by atoms with van der Waals surface area (Å²) >= 11 is 9.15. The van der Waals surface area contributed by atoms with Crippen LogP contribution in [0.15, 0.2) is 59.3 Å². The molecule has 0 atom stereocenters. The van der Waals surface area contributed by atoms with Crippen molar-refractivity contribution >= 4 is 44.7 Å². The van der Waals surface area contributed by atoms with Crippen molar-refractivity contribution in [1.29, 1.82) is 0 Å². The Morgan fingerprint density at radius 2 is 1.76 bits per heavy atom. The molecule has 0 amide bonds. The predicted octanol–water partition coefficient (Wildman–Crippen LogP) is 5.34. The van der Waals surface area contributed by atoms with Crippen LogP contribution in [0, 0.1) is 10.1 Å². The molecule has 0 aliphatic rings. The fourth-order valence-electron chi connectivity index (χ4n) is 1.98. The summed E-state index contributed by atoms with van der Waals surface area (Å²) in [5.74, 6) is 0.288. The van der Waals surface area contributed by atoms with E-state index in [1.807, 2.05) is 0 Å². The first-order valence-electron chi connectivity index (χ1n) is 6.98. The number of halogens is 2. The summed E-state index contributed by atoms with van der Waals surface area (Å²) < 4.78 is 6.41. The van der Waals surface area contributed by atoms with Gasteiger partial charge in [-0.15, -0.1) is 0 Å². The topological polar surface area (TPSA) is 90.2 Å². The Kier molecular flexibility index (Phi) is 5.11. The van der Waals surface area contributed by atoms with E-state index in [2.05, 4.69) is 31.2 Å². The molecule has 1 aromatic heterocycles. The summed E-state index contributed by atoms with van der Waals surface area (Å²) in [6.07, 6.45) is 1.19. The lowest BCUT2D eigenvalue weighted by Gasteiger charge is -2.09. The van der Waals surface area contributed by atoms with Gasteiger partial charge in [0, 0.05) is 15.2 Å². The van der Waals surface area contributed by atoms with Gasteiger partial charge in [0.25, 0.3) is 0 Å². The van der Waals surface area contributed by atoms with Gasteiger partial charge in [0.05, 0.1) is 4.92 Å². The van der Waals surface area contributed by atoms with E-state index >= 15 is 0 Å². The lowest BCUT2D eigenvalue weighted by molar-refractivity contribution is -0.385. The Morgan fingerprint density at radius 3 is 2.40 bits per heavy atom. The summed E-state index contributed by atoms with van der Waals surface area (Å²) in [6, 6.07) is 13.5. The minimum Gasteiger partial charge on any atom is -0.434 e. The molecule has 0 bridgehead atoms. The van der Waals surface area contributed by atoms with Crippen molar-refractivity contribution in [3.63, 3.8) is 0 Å². The van der Waals surface area contributed by atoms with Crippen LogP contribution in [-0.4, -0.2) is 14.9 Å². The van der Waals surface area contributed by atoms with Crippen molar-refractivity contribution in [3.05, 3.63) is 74.5 Å². The number of hydrogen-bond acceptors (Lipinski definition) is 6. The second kappa shape index (κ2) is 7.45. The van der Waals surface area contributed by atoms with Gasteiger partial charge >= 0.3 is 11.6 Å². The molecule has 3 rings (SSSR count). The lowest BCUT2D eigenvalue weighted by atomic mass is 10.3. The smallest absolute Gasteiger partial charge is 0.373 e. The molecule has 0 aliphatic heterocycles. The van der Waals surface area contributed by atoms with E-state index in [1.165, 1.54) is 6.33 Å². The molecule has 0 unspecified atom stereocenters. The molecule has 3 aromatic rings. The molecule has 0 radical (unpaired) electrons. The normalized spacial score (nSPS) is 10.3. The third kappa shape index (κ3) is 4.23. The van der Waals surface area contributed by atoms with Gasteiger partial charge in [-0.25, -0.2) is 4.98 Å². The van der Waals surface area contributed by atoms with Crippen LogP contribution >= 0.6 is 27.5 Å². The van der Waals surface area contributed by atoms with Crippen LogP contribution < -0.4 is 10.1 Å². The molecule has 0 spiro atoms. The fraction of sp³-hybridized carbons (Fsp3) is 0. The van der Waals surface area contributed by atoms with Gasteiger partial charge in [-0.2, -0.15) is 4.98 Å². The van der Waals surface area contributed by atoms with Gasteiger partial charge < -0.3 is 10.1 Å². The largest absolute Gasteiger partial charge is 0.434 e. The fourth-order valence-corrected chi connectivity index (χ4v) is 2.37. The van der Waals surface area contributed by atoms with Crippen LogP contribution in [0.4, 0.5) is 17.2 Å². The molecule has 9 heteroatoms. The maximum atomic E-state index is 11.5. The van der Waals surface area contributed by atoms with E-state index in [1.54, 1.807) is 48.5 Å². The number of hydrogen-bond donors (Lipinski definition) is 1. The number of nitro groups is 1. The van der Waals surface area contributed by atoms with Gasteiger partial charge in [0.1, 0.15) is 12.1 Å². The van der Waals surface area contributed by atoms with E-state index in [0.29, 0.717) is 16.5 Å². The molecule has 0 saturated heterocycles. The third-order valence-electron chi connectivity index (χ3n) is 3.11. The average molecular weight is 422 g/mol. The molecular weight excluding hydrogens is 412 g/mol. The van der Waals surface area contributed by atoms with Crippen LogP contribution in [0.5, 0.6) is 11.6 Å². The highest BCUT2D eigenvalue weighted by Gasteiger charge is 2.25. The second-order valence-corrected chi connectivity index (χ2v) is 6.17. The second-order valence-electron chi connectivity index (χ2n) is 4.82. The van der Waals surface area contributed by atoms with Gasteiger partial charge in [-0.05, 0) is 48.5 Å². The molecule has 126 valence electrons. The number of nitrogens with zero attached hydrogens (tertiary/aromatic N) is 3. The van der Waals surface area contributed by atoms with Crippen molar-refractivity contribution in [1.82, 2.24) is 9.97 Å². The first-order chi connectivity index (χ1) is 12.0. The molecule has 0 aliphatic carbocycles. The summed E-state index contributed by atoms with van der Waals surface area (Å²) in [7, 11) is 0. The Hall–Kier alpha value is -2.71. The van der Waals surface area contributed by atoms with Crippen LogP contribution in [0.2, 0.25) is 5.02 Å². The number of nitrogens with one attached hydrogen (secondary N) is 1. The Morgan fingerprint density at radius 1 is 1.08 bits per heavy atom. The van der Waals surface area contributed by atoms with E-state index in [9.17, 15) is 10.1 Å². The lowest BCUT2D eigenvalue weighted by Crippen LogP contribution is -2.03. The molecule has 7 nitrogen and oxygen atoms in total. The zero-order valence-electron chi connectivity index (χ0n) is 12.5. The Balaban J connectivity index is 1.94. The minimum absolute atomic E-state index is 0.0226. The van der Waals surface area contributed by atoms with E-state index in [4.69, 9.17) is 16.3 Å². The molecule has 0 fully saturated rings. The van der Waals surface area contributed by atoms with Crippen molar-refractivity contribution in [2.45, 2.75) is 0 Å². The first-order valence-corrected chi connectivity index (χ1v) is 8.15. The maximum Gasteiger partial charge on any atom is 0.373 e. The number of rotatable bonds is 5. The van der Waals surface area contributed by atoms with Crippen LogP contribution in [0.25, 0.3) is 0 Å². The minimum atomic E-state index is -0.591. The average Bonchev–Trinajstić information content (AvgIpc) is 2.59. The van der Waals surface area contributed by atoms with Crippen molar-refractivity contribution < 1.29 is 9.66 Å². The highest BCUT2D eigenvalue weighted by Crippen LogP contribution is 2.35. The summed E-state index contributed by atoms with van der Waals surface area (Å²) in [4.78, 5) is 18.8. The number of ether oxygens (including phenoxy) is 1. The zero-order chi connectivity index (χ0) is 17.8. The van der Waals surface area contributed by atoms with E-state index in [0.717, 1.165) is 4.47 Å². The van der Waals surface area contributed by atoms with Crippen LogP contribution in [-0.2, 0) is 0 Å². The Bertz CT molecular complexity index is 839. The number of aromatic nitrogens is 2. The SMILES string of the molecule is O=[N+]([O-])c1c(Nc2ccc(Cl)cc2)ncnc1Oc1ccc(Br)cc1. The van der Waals surface area contributed by atoms with E-state index < -0.39 is 4.92 Å². The number of anilines is 2. The summed E-state index contributed by atoms with van der Waals surface area (Å²) in [5, 5.41) is 14.9. The molecule has 25 heavy (non-hydrogen) atoms. The first kappa shape index (κ1) is 17.1. The van der Waals surface area contributed by atoms with Gasteiger partial charge in [0.2, 0.25) is 5.82 Å². The molecule has 1 heterocycles. The summed E-state index contributed by atoms with van der Waals surface area (Å²) in [6.45, 7) is 0. The highest BCUT2D eigenvalue weighted by molar-refractivity contribution is 9.10. The van der Waals surface area contributed by atoms with Crippen molar-refractivity contribution in [3.8, 4) is 11.6 Å². The summed E-state index contributed by atoms with van der Waals surface area (Å²) in [5.41, 5.74) is 0.237. The molecular formula is C16H10BrClN4O3. The molecule has 0 saturated carbocycles. The van der Waals surface area contributed by atoms with Crippen molar-refractivity contribution in [2.75, 3.05) is 5.32 Å².